The third kappa shape index (κ3) is 2.29. The smallest absolute Gasteiger partial charge is 0.414 e. The summed E-state index contributed by atoms with van der Waals surface area (Å²) >= 11 is 0. The number of hydrogen-bond donors (Lipinski definition) is 0. The molecule has 0 saturated heterocycles. The number of carbonyl (C=O) groups is 3. The minimum absolute atomic E-state index is 0.317. The summed E-state index contributed by atoms with van der Waals surface area (Å²) in [7, 11) is 0. The van der Waals surface area contributed by atoms with Crippen LogP contribution in [0.15, 0.2) is 42.5 Å². The van der Waals surface area contributed by atoms with Gasteiger partial charge in [-0.15, -0.1) is 0 Å². The van der Waals surface area contributed by atoms with Crippen molar-refractivity contribution in [3.8, 4) is 0 Å². The zero-order chi connectivity index (χ0) is 17.6. The van der Waals surface area contributed by atoms with Gasteiger partial charge < -0.3 is 4.74 Å². The van der Waals surface area contributed by atoms with E-state index in [-0.39, 0.29) is 17.9 Å². The first-order valence-electron chi connectivity index (χ1n) is 8.17. The number of nitrogens with zero attached hydrogens (tertiary/aromatic N) is 2. The van der Waals surface area contributed by atoms with Gasteiger partial charge in [0, 0.05) is 6.54 Å². The molecule has 3 amide bonds. The van der Waals surface area contributed by atoms with E-state index in [0.29, 0.717) is 36.4 Å². The lowest BCUT2D eigenvalue weighted by Gasteiger charge is -2.18. The highest BCUT2D eigenvalue weighted by Gasteiger charge is 2.37. The van der Waals surface area contributed by atoms with E-state index in [4.69, 9.17) is 4.74 Å². The molecule has 0 N–H and O–H groups in total. The van der Waals surface area contributed by atoms with Crippen LogP contribution in [0.25, 0.3) is 0 Å². The Morgan fingerprint density at radius 1 is 1.08 bits per heavy atom. The van der Waals surface area contributed by atoms with Gasteiger partial charge in [0.05, 0.1) is 29.1 Å². The lowest BCUT2D eigenvalue weighted by atomic mass is 10.1. The Bertz CT molecular complexity index is 871. The number of hydrogen-bond acceptors (Lipinski definition) is 4. The van der Waals surface area contributed by atoms with Crippen LogP contribution < -0.4 is 9.80 Å². The van der Waals surface area contributed by atoms with Crippen LogP contribution in [0.2, 0.25) is 0 Å². The van der Waals surface area contributed by atoms with E-state index in [0.717, 1.165) is 11.3 Å². The predicted octanol–water partition coefficient (Wildman–Crippen LogP) is 3.01. The van der Waals surface area contributed by atoms with Crippen LogP contribution in [-0.2, 0) is 11.2 Å². The average molecular weight is 336 g/mol. The number of amides is 3. The number of ether oxygens (including phenoxy) is 1. The average Bonchev–Trinajstić information content (AvgIpc) is 3.15. The Kier molecular flexibility index (Phi) is 3.53. The molecule has 2 aliphatic rings. The molecule has 0 atom stereocenters. The molecular weight excluding hydrogens is 320 g/mol. The van der Waals surface area contributed by atoms with Crippen molar-refractivity contribution in [2.75, 3.05) is 23.0 Å². The summed E-state index contributed by atoms with van der Waals surface area (Å²) in [5.74, 6) is -0.637. The molecule has 0 spiro atoms. The first-order chi connectivity index (χ1) is 12.1. The molecule has 25 heavy (non-hydrogen) atoms. The van der Waals surface area contributed by atoms with Gasteiger partial charge in [0.15, 0.2) is 0 Å². The highest BCUT2D eigenvalue weighted by atomic mass is 16.6. The Hall–Kier alpha value is -3.15. The maximum atomic E-state index is 12.6. The van der Waals surface area contributed by atoms with E-state index in [1.54, 1.807) is 54.3 Å². The Balaban J connectivity index is 1.68. The standard InChI is InChI=1S/C19H16N2O4/c1-2-25-19(24)20-10-9-12-11-13(7-8-16(12)20)21-17(22)14-5-3-4-6-15(14)18(21)23/h3-8,11H,2,9-10H2,1H3. The van der Waals surface area contributed by atoms with Crippen molar-refractivity contribution in [3.63, 3.8) is 0 Å². The molecule has 0 bridgehead atoms. The Morgan fingerprint density at radius 2 is 1.76 bits per heavy atom. The molecule has 0 radical (unpaired) electrons. The van der Waals surface area contributed by atoms with Crippen molar-refractivity contribution in [1.29, 1.82) is 0 Å². The first kappa shape index (κ1) is 15.4. The molecule has 2 heterocycles. The number of carbonyl (C=O) groups excluding carboxylic acids is 3. The molecule has 0 saturated carbocycles. The van der Waals surface area contributed by atoms with E-state index < -0.39 is 0 Å². The normalized spacial score (nSPS) is 15.4. The summed E-state index contributed by atoms with van der Waals surface area (Å²) in [6.45, 7) is 2.61. The summed E-state index contributed by atoms with van der Waals surface area (Å²) in [5, 5.41) is 0. The van der Waals surface area contributed by atoms with E-state index in [1.807, 2.05) is 0 Å². The molecule has 0 aromatic heterocycles. The molecule has 4 rings (SSSR count). The fourth-order valence-corrected chi connectivity index (χ4v) is 3.34. The van der Waals surface area contributed by atoms with Gasteiger partial charge in [-0.25, -0.2) is 9.69 Å². The maximum absolute atomic E-state index is 12.6. The van der Waals surface area contributed by atoms with E-state index >= 15 is 0 Å². The zero-order valence-electron chi connectivity index (χ0n) is 13.7. The van der Waals surface area contributed by atoms with Crippen molar-refractivity contribution in [2.24, 2.45) is 0 Å². The summed E-state index contributed by atoms with van der Waals surface area (Å²) in [5.41, 5.74) is 3.04. The second-order valence-corrected chi connectivity index (χ2v) is 5.90. The number of benzene rings is 2. The van der Waals surface area contributed by atoms with Crippen molar-refractivity contribution >= 4 is 29.3 Å². The van der Waals surface area contributed by atoms with Gasteiger partial charge in [0.2, 0.25) is 0 Å². The largest absolute Gasteiger partial charge is 0.449 e. The molecule has 0 fully saturated rings. The van der Waals surface area contributed by atoms with E-state index in [1.165, 1.54) is 4.90 Å². The van der Waals surface area contributed by atoms with Crippen LogP contribution >= 0.6 is 0 Å². The van der Waals surface area contributed by atoms with Gasteiger partial charge in [0.1, 0.15) is 0 Å². The lowest BCUT2D eigenvalue weighted by Crippen LogP contribution is -2.30. The summed E-state index contributed by atoms with van der Waals surface area (Å²) in [6.07, 6.45) is 0.278. The second kappa shape index (κ2) is 5.73. The minimum Gasteiger partial charge on any atom is -0.449 e. The highest BCUT2D eigenvalue weighted by Crippen LogP contribution is 2.35. The number of rotatable bonds is 2. The van der Waals surface area contributed by atoms with Crippen LogP contribution in [0.4, 0.5) is 16.2 Å². The van der Waals surface area contributed by atoms with E-state index in [2.05, 4.69) is 0 Å². The molecule has 0 aliphatic carbocycles. The van der Waals surface area contributed by atoms with Crippen molar-refractivity contribution < 1.29 is 19.1 Å². The van der Waals surface area contributed by atoms with Gasteiger partial charge in [-0.3, -0.25) is 14.5 Å². The van der Waals surface area contributed by atoms with Gasteiger partial charge in [-0.05, 0) is 49.2 Å². The fraction of sp³-hybridized carbons (Fsp3) is 0.211. The van der Waals surface area contributed by atoms with Crippen LogP contribution in [-0.4, -0.2) is 31.1 Å². The highest BCUT2D eigenvalue weighted by molar-refractivity contribution is 6.34. The van der Waals surface area contributed by atoms with Crippen LogP contribution in [0.5, 0.6) is 0 Å². The molecule has 6 nitrogen and oxygen atoms in total. The SMILES string of the molecule is CCOC(=O)N1CCc2cc(N3C(=O)c4ccccc4C3=O)ccc21. The van der Waals surface area contributed by atoms with Crippen LogP contribution in [0, 0.1) is 0 Å². The fourth-order valence-electron chi connectivity index (χ4n) is 3.34. The monoisotopic (exact) mass is 336 g/mol. The molecule has 2 aliphatic heterocycles. The second-order valence-electron chi connectivity index (χ2n) is 5.90. The van der Waals surface area contributed by atoms with Gasteiger partial charge in [-0.1, -0.05) is 12.1 Å². The van der Waals surface area contributed by atoms with Crippen molar-refractivity contribution in [1.82, 2.24) is 0 Å². The lowest BCUT2D eigenvalue weighted by molar-refractivity contribution is 0.0926. The topological polar surface area (TPSA) is 66.9 Å². The van der Waals surface area contributed by atoms with Crippen LogP contribution in [0.3, 0.4) is 0 Å². The molecule has 2 aromatic rings. The van der Waals surface area contributed by atoms with Crippen molar-refractivity contribution in [3.05, 3.63) is 59.2 Å². The third-order valence-corrected chi connectivity index (χ3v) is 4.50. The van der Waals surface area contributed by atoms with Gasteiger partial charge in [-0.2, -0.15) is 0 Å². The molecule has 6 heteroatoms. The zero-order valence-corrected chi connectivity index (χ0v) is 13.7. The van der Waals surface area contributed by atoms with Crippen LogP contribution in [0.1, 0.15) is 33.2 Å². The Labute approximate surface area is 144 Å². The van der Waals surface area contributed by atoms with Gasteiger partial charge >= 0.3 is 6.09 Å². The van der Waals surface area contributed by atoms with Crippen molar-refractivity contribution in [2.45, 2.75) is 13.3 Å². The predicted molar refractivity (Wildman–Crippen MR) is 92.1 cm³/mol. The summed E-state index contributed by atoms with van der Waals surface area (Å²) < 4.78 is 5.06. The molecule has 126 valence electrons. The number of imide groups is 1. The number of anilines is 2. The Morgan fingerprint density at radius 3 is 2.40 bits per heavy atom. The van der Waals surface area contributed by atoms with Gasteiger partial charge in [0.25, 0.3) is 11.8 Å². The molecule has 2 aromatic carbocycles. The summed E-state index contributed by atoms with van der Waals surface area (Å²) in [4.78, 5) is 39.9. The molecular formula is C19H16N2O4. The minimum atomic E-state index is -0.380. The molecule has 0 unspecified atom stereocenters. The maximum Gasteiger partial charge on any atom is 0.414 e. The quantitative estimate of drug-likeness (QED) is 0.791. The number of fused-ring (bicyclic) bond motifs is 2. The van der Waals surface area contributed by atoms with E-state index in [9.17, 15) is 14.4 Å². The first-order valence-corrected chi connectivity index (χ1v) is 8.17. The summed E-state index contributed by atoms with van der Waals surface area (Å²) in [6, 6.07) is 12.1. The third-order valence-electron chi connectivity index (χ3n) is 4.50.